The van der Waals surface area contributed by atoms with Gasteiger partial charge in [-0.2, -0.15) is 0 Å². The number of carbonyl (C=O) groups excluding carboxylic acids is 2. The molecule has 1 aromatic heterocycles. The number of para-hydroxylation sites is 1. The molecular formula is C17H12BrNO3S. The van der Waals surface area contributed by atoms with Crippen LogP contribution in [0, 0.1) is 12.3 Å². The Labute approximate surface area is 145 Å². The first-order valence-corrected chi connectivity index (χ1v) is 8.44. The van der Waals surface area contributed by atoms with Gasteiger partial charge in [0.05, 0.1) is 27.3 Å². The molecule has 0 bridgehead atoms. The summed E-state index contributed by atoms with van der Waals surface area (Å²) in [6.07, 6.45) is 5.01. The second-order valence-corrected chi connectivity index (χ2v) is 7.64. The van der Waals surface area contributed by atoms with Crippen molar-refractivity contribution in [3.8, 4) is 12.3 Å². The van der Waals surface area contributed by atoms with Gasteiger partial charge in [-0.3, -0.25) is 14.5 Å². The third kappa shape index (κ3) is 2.61. The zero-order valence-corrected chi connectivity index (χ0v) is 14.4. The van der Waals surface area contributed by atoms with Gasteiger partial charge >= 0.3 is 0 Å². The summed E-state index contributed by atoms with van der Waals surface area (Å²) in [6.45, 7) is 0.0525. The maximum Gasteiger partial charge on any atom is 0.265 e. The molecule has 1 atom stereocenters. The lowest BCUT2D eigenvalue weighted by Gasteiger charge is -2.21. The Morgan fingerprint density at radius 2 is 2.09 bits per heavy atom. The fraction of sp³-hybridized carbons (Fsp3) is 0.176. The highest BCUT2D eigenvalue weighted by Gasteiger charge is 2.50. The summed E-state index contributed by atoms with van der Waals surface area (Å²) in [5.74, 6) is 1.57. The lowest BCUT2D eigenvalue weighted by Crippen LogP contribution is -2.41. The predicted molar refractivity (Wildman–Crippen MR) is 92.5 cm³/mol. The number of fused-ring (bicyclic) bond motifs is 1. The highest BCUT2D eigenvalue weighted by Crippen LogP contribution is 2.43. The Morgan fingerprint density at radius 3 is 2.74 bits per heavy atom. The zero-order chi connectivity index (χ0) is 16.6. The molecule has 0 unspecified atom stereocenters. The van der Waals surface area contributed by atoms with Gasteiger partial charge in [-0.15, -0.1) is 17.8 Å². The van der Waals surface area contributed by atoms with Gasteiger partial charge in [0.2, 0.25) is 0 Å². The number of rotatable bonds is 4. The van der Waals surface area contributed by atoms with E-state index in [-0.39, 0.29) is 18.7 Å². The van der Waals surface area contributed by atoms with E-state index in [0.717, 1.165) is 3.79 Å². The molecule has 0 saturated carbocycles. The normalized spacial score (nSPS) is 19.5. The number of thiophene rings is 1. The lowest BCUT2D eigenvalue weighted by molar-refractivity contribution is -0.135. The number of halogens is 1. The van der Waals surface area contributed by atoms with E-state index in [4.69, 9.17) is 6.42 Å². The van der Waals surface area contributed by atoms with Crippen molar-refractivity contribution >= 4 is 44.6 Å². The Bertz CT molecular complexity index is 838. The molecule has 0 spiro atoms. The van der Waals surface area contributed by atoms with Crippen LogP contribution in [0.25, 0.3) is 0 Å². The number of Topliss-reactive ketones (excluding diaryl/α,β-unsaturated/α-hetero) is 1. The van der Waals surface area contributed by atoms with Crippen molar-refractivity contribution in [2.24, 2.45) is 0 Å². The van der Waals surface area contributed by atoms with Crippen molar-refractivity contribution in [2.75, 3.05) is 11.4 Å². The Kier molecular flexibility index (Phi) is 4.11. The smallest absolute Gasteiger partial charge is 0.265 e. The number of anilines is 1. The van der Waals surface area contributed by atoms with Crippen LogP contribution in [0.1, 0.15) is 21.7 Å². The molecule has 0 saturated heterocycles. The first-order valence-electron chi connectivity index (χ1n) is 6.83. The Morgan fingerprint density at radius 1 is 1.35 bits per heavy atom. The first-order chi connectivity index (χ1) is 11.0. The average Bonchev–Trinajstić information content (AvgIpc) is 3.05. The van der Waals surface area contributed by atoms with Crippen molar-refractivity contribution in [3.05, 3.63) is 50.6 Å². The van der Waals surface area contributed by atoms with Crippen LogP contribution in [0.3, 0.4) is 0 Å². The predicted octanol–water partition coefficient (Wildman–Crippen LogP) is 2.95. The fourth-order valence-electron chi connectivity index (χ4n) is 2.71. The molecule has 116 valence electrons. The number of aliphatic hydroxyl groups is 1. The number of terminal acetylenes is 1. The second kappa shape index (κ2) is 5.93. The SMILES string of the molecule is C#CCN1C(=O)[C@](O)(CC(=O)c2ccc(Br)s2)c2ccccc21. The minimum Gasteiger partial charge on any atom is -0.375 e. The molecule has 1 aromatic carbocycles. The summed E-state index contributed by atoms with van der Waals surface area (Å²) in [6, 6.07) is 10.3. The number of hydrogen-bond acceptors (Lipinski definition) is 4. The largest absolute Gasteiger partial charge is 0.375 e. The van der Waals surface area contributed by atoms with Gasteiger partial charge in [0.1, 0.15) is 0 Å². The van der Waals surface area contributed by atoms with Crippen LogP contribution in [-0.2, 0) is 10.4 Å². The summed E-state index contributed by atoms with van der Waals surface area (Å²) in [4.78, 5) is 27.0. The van der Waals surface area contributed by atoms with E-state index in [9.17, 15) is 14.7 Å². The van der Waals surface area contributed by atoms with Crippen molar-refractivity contribution in [1.29, 1.82) is 0 Å². The van der Waals surface area contributed by atoms with E-state index >= 15 is 0 Å². The molecule has 1 N–H and O–H groups in total. The van der Waals surface area contributed by atoms with Crippen molar-refractivity contribution in [1.82, 2.24) is 0 Å². The number of amides is 1. The van der Waals surface area contributed by atoms with Crippen molar-refractivity contribution in [3.63, 3.8) is 0 Å². The maximum absolute atomic E-state index is 12.7. The summed E-state index contributed by atoms with van der Waals surface area (Å²) in [7, 11) is 0. The molecule has 2 heterocycles. The maximum atomic E-state index is 12.7. The van der Waals surface area contributed by atoms with Crippen LogP contribution in [0.15, 0.2) is 40.2 Å². The number of nitrogens with zero attached hydrogens (tertiary/aromatic N) is 1. The van der Waals surface area contributed by atoms with Crippen molar-refractivity contribution in [2.45, 2.75) is 12.0 Å². The molecule has 0 radical (unpaired) electrons. The van der Waals surface area contributed by atoms with Crippen LogP contribution < -0.4 is 4.90 Å². The summed E-state index contributed by atoms with van der Waals surface area (Å²) in [5.41, 5.74) is -0.900. The summed E-state index contributed by atoms with van der Waals surface area (Å²) < 4.78 is 0.819. The van der Waals surface area contributed by atoms with Gasteiger partial charge in [0, 0.05) is 5.56 Å². The lowest BCUT2D eigenvalue weighted by atomic mass is 9.89. The van der Waals surface area contributed by atoms with E-state index < -0.39 is 11.5 Å². The summed E-state index contributed by atoms with van der Waals surface area (Å²) in [5, 5.41) is 11.0. The van der Waals surface area contributed by atoms with Crippen LogP contribution in [0.5, 0.6) is 0 Å². The third-order valence-electron chi connectivity index (χ3n) is 3.75. The molecule has 4 nitrogen and oxygen atoms in total. The molecular weight excluding hydrogens is 378 g/mol. The number of carbonyl (C=O) groups is 2. The molecule has 0 aliphatic carbocycles. The van der Waals surface area contributed by atoms with Gasteiger partial charge in [0.15, 0.2) is 11.4 Å². The number of hydrogen-bond donors (Lipinski definition) is 1. The molecule has 1 amide bonds. The van der Waals surface area contributed by atoms with E-state index in [0.29, 0.717) is 16.1 Å². The summed E-state index contributed by atoms with van der Waals surface area (Å²) >= 11 is 4.57. The quantitative estimate of drug-likeness (QED) is 0.645. The standard InChI is InChI=1S/C17H12BrNO3S/c1-2-9-19-12-6-4-3-5-11(12)17(22,16(19)21)10-13(20)14-7-8-15(18)23-14/h1,3-8,22H,9-10H2/t17-/m0/s1. The first kappa shape index (κ1) is 15.9. The van der Waals surface area contributed by atoms with Gasteiger partial charge < -0.3 is 5.11 Å². The van der Waals surface area contributed by atoms with Gasteiger partial charge in [-0.05, 0) is 34.1 Å². The van der Waals surface area contributed by atoms with E-state index in [1.807, 2.05) is 0 Å². The Hall–Kier alpha value is -1.94. The van der Waals surface area contributed by atoms with E-state index in [2.05, 4.69) is 21.9 Å². The molecule has 23 heavy (non-hydrogen) atoms. The van der Waals surface area contributed by atoms with Crippen LogP contribution >= 0.6 is 27.3 Å². The molecule has 1 aliphatic rings. The van der Waals surface area contributed by atoms with Crippen LogP contribution in [-0.4, -0.2) is 23.3 Å². The molecule has 2 aromatic rings. The monoisotopic (exact) mass is 389 g/mol. The minimum atomic E-state index is -1.87. The Balaban J connectivity index is 1.99. The van der Waals surface area contributed by atoms with Crippen molar-refractivity contribution < 1.29 is 14.7 Å². The topological polar surface area (TPSA) is 57.6 Å². The average molecular weight is 390 g/mol. The van der Waals surface area contributed by atoms with E-state index in [1.54, 1.807) is 36.4 Å². The minimum absolute atomic E-state index is 0.0525. The van der Waals surface area contributed by atoms with E-state index in [1.165, 1.54) is 16.2 Å². The fourth-order valence-corrected chi connectivity index (χ4v) is 4.03. The molecule has 1 aliphatic heterocycles. The second-order valence-electron chi connectivity index (χ2n) is 5.18. The zero-order valence-electron chi connectivity index (χ0n) is 12.0. The van der Waals surface area contributed by atoms with Gasteiger partial charge in [-0.1, -0.05) is 24.1 Å². The number of benzene rings is 1. The van der Waals surface area contributed by atoms with Gasteiger partial charge in [-0.25, -0.2) is 0 Å². The highest BCUT2D eigenvalue weighted by atomic mass is 79.9. The number of ketones is 1. The van der Waals surface area contributed by atoms with Crippen LogP contribution in [0.2, 0.25) is 0 Å². The molecule has 6 heteroatoms. The highest BCUT2D eigenvalue weighted by molar-refractivity contribution is 9.11. The van der Waals surface area contributed by atoms with Gasteiger partial charge in [0.25, 0.3) is 5.91 Å². The molecule has 0 fully saturated rings. The third-order valence-corrected chi connectivity index (χ3v) is 5.42. The molecule has 3 rings (SSSR count). The van der Waals surface area contributed by atoms with Crippen LogP contribution in [0.4, 0.5) is 5.69 Å².